The molecule has 0 spiro atoms. The summed E-state index contributed by atoms with van der Waals surface area (Å²) >= 11 is 6.12. The number of methoxy groups -OCH3 is 1. The molecule has 0 aliphatic heterocycles. The van der Waals surface area contributed by atoms with Gasteiger partial charge < -0.3 is 14.0 Å². The number of imidazole rings is 1. The van der Waals surface area contributed by atoms with Gasteiger partial charge in [-0.05, 0) is 48.4 Å². The lowest BCUT2D eigenvalue weighted by molar-refractivity contribution is 0.0595. The number of rotatable bonds is 7. The number of hydrogen-bond acceptors (Lipinski definition) is 4. The number of aryl methyl sites for hydroxylation is 2. The van der Waals surface area contributed by atoms with Crippen molar-refractivity contribution in [3.05, 3.63) is 94.8 Å². The Kier molecular flexibility index (Phi) is 8.28. The average molecular weight is 451 g/mol. The Morgan fingerprint density at radius 1 is 1.00 bits per heavy atom. The molecule has 0 fully saturated rings. The van der Waals surface area contributed by atoms with Gasteiger partial charge in [0.15, 0.2) is 0 Å². The molecule has 0 saturated carbocycles. The zero-order chi connectivity index (χ0) is 22.9. The van der Waals surface area contributed by atoms with Crippen LogP contribution < -0.4 is 4.74 Å². The number of nitrogens with zero attached hydrogens (tertiary/aromatic N) is 2. The summed E-state index contributed by atoms with van der Waals surface area (Å²) in [5.41, 5.74) is 3.49. The highest BCUT2D eigenvalue weighted by Gasteiger charge is 2.15. The molecule has 0 aliphatic rings. The molecule has 0 amide bonds. The Hall–Kier alpha value is -3.31. The molecule has 5 nitrogen and oxygen atoms in total. The van der Waals surface area contributed by atoms with Crippen molar-refractivity contribution in [1.82, 2.24) is 9.55 Å². The van der Waals surface area contributed by atoms with Crippen molar-refractivity contribution in [2.24, 2.45) is 0 Å². The van der Waals surface area contributed by atoms with Gasteiger partial charge >= 0.3 is 5.97 Å². The first-order valence-corrected chi connectivity index (χ1v) is 11.0. The Labute approximate surface area is 193 Å². The molecule has 0 saturated heterocycles. The number of ether oxygens (including phenoxy) is 2. The number of aromatic nitrogens is 2. The van der Waals surface area contributed by atoms with E-state index in [2.05, 4.69) is 10.6 Å². The van der Waals surface area contributed by atoms with Crippen molar-refractivity contribution < 1.29 is 14.3 Å². The minimum Gasteiger partial charge on any atom is -0.485 e. The first-order valence-electron chi connectivity index (χ1n) is 10.6. The normalized spacial score (nSPS) is 10.4. The van der Waals surface area contributed by atoms with Crippen LogP contribution in [0.5, 0.6) is 5.75 Å². The third-order valence-corrected chi connectivity index (χ3v) is 5.13. The summed E-state index contributed by atoms with van der Waals surface area (Å²) < 4.78 is 13.0. The first kappa shape index (κ1) is 23.4. The maximum absolute atomic E-state index is 12.0. The van der Waals surface area contributed by atoms with E-state index in [0.29, 0.717) is 11.3 Å². The van der Waals surface area contributed by atoms with Crippen LogP contribution in [0, 0.1) is 0 Å². The summed E-state index contributed by atoms with van der Waals surface area (Å²) in [4.78, 5) is 16.8. The molecule has 0 aliphatic carbocycles. The van der Waals surface area contributed by atoms with Crippen molar-refractivity contribution in [3.63, 3.8) is 0 Å². The molecule has 6 heteroatoms. The second-order valence-corrected chi connectivity index (χ2v) is 7.26. The molecule has 4 aromatic rings. The van der Waals surface area contributed by atoms with Gasteiger partial charge in [0.2, 0.25) is 0 Å². The fourth-order valence-corrected chi connectivity index (χ4v) is 3.64. The quantitative estimate of drug-likeness (QED) is 0.309. The second kappa shape index (κ2) is 11.3. The first-order chi connectivity index (χ1) is 15.7. The van der Waals surface area contributed by atoms with Crippen LogP contribution in [0.25, 0.3) is 11.0 Å². The number of halogens is 1. The van der Waals surface area contributed by atoms with Crippen LogP contribution in [0.1, 0.15) is 35.6 Å². The van der Waals surface area contributed by atoms with E-state index in [1.54, 1.807) is 18.2 Å². The standard InChI is InChI=1S/C24H21ClN2O3.C2H6/c1-29-24(28)19-9-2-5-12-22(19)30-16-23-26-20-10-3-4-11-21(20)27(23)14-13-17-7-6-8-18(25)15-17;1-2/h2-12,15H,13-14,16H2,1H3;1-2H3. The maximum atomic E-state index is 12.0. The van der Waals surface area contributed by atoms with Crippen LogP contribution in [0.15, 0.2) is 72.8 Å². The predicted octanol–water partition coefficient (Wildman–Crippen LogP) is 6.32. The summed E-state index contributed by atoms with van der Waals surface area (Å²) in [6.45, 7) is 4.97. The highest BCUT2D eigenvalue weighted by atomic mass is 35.5. The number of fused-ring (bicyclic) bond motifs is 1. The van der Waals surface area contributed by atoms with Crippen LogP contribution in [0.2, 0.25) is 5.02 Å². The summed E-state index contributed by atoms with van der Waals surface area (Å²) in [6.07, 6.45) is 0.812. The third-order valence-electron chi connectivity index (χ3n) is 4.90. The molecule has 1 aromatic heterocycles. The molecular weight excluding hydrogens is 424 g/mol. The summed E-state index contributed by atoms with van der Waals surface area (Å²) in [6, 6.07) is 22.9. The summed E-state index contributed by atoms with van der Waals surface area (Å²) in [7, 11) is 1.36. The number of hydrogen-bond donors (Lipinski definition) is 0. The van der Waals surface area contributed by atoms with Crippen molar-refractivity contribution >= 4 is 28.6 Å². The van der Waals surface area contributed by atoms with Gasteiger partial charge in [-0.15, -0.1) is 0 Å². The van der Waals surface area contributed by atoms with Gasteiger partial charge in [0, 0.05) is 11.6 Å². The Morgan fingerprint density at radius 3 is 2.53 bits per heavy atom. The van der Waals surface area contributed by atoms with E-state index >= 15 is 0 Å². The van der Waals surface area contributed by atoms with Crippen LogP contribution in [-0.2, 0) is 24.3 Å². The predicted molar refractivity (Wildman–Crippen MR) is 128 cm³/mol. The molecule has 1 heterocycles. The molecule has 32 heavy (non-hydrogen) atoms. The largest absolute Gasteiger partial charge is 0.485 e. The molecule has 0 atom stereocenters. The molecule has 0 bridgehead atoms. The third kappa shape index (κ3) is 5.48. The van der Waals surface area contributed by atoms with E-state index in [4.69, 9.17) is 26.1 Å². The molecule has 4 rings (SSSR count). The van der Waals surface area contributed by atoms with Crippen molar-refractivity contribution in [2.75, 3.05) is 7.11 Å². The number of carbonyl (C=O) groups is 1. The Morgan fingerprint density at radius 2 is 1.75 bits per heavy atom. The molecule has 0 N–H and O–H groups in total. The fraction of sp³-hybridized carbons (Fsp3) is 0.231. The van der Waals surface area contributed by atoms with Crippen molar-refractivity contribution in [2.45, 2.75) is 33.4 Å². The van der Waals surface area contributed by atoms with Crippen LogP contribution >= 0.6 is 11.6 Å². The van der Waals surface area contributed by atoms with E-state index in [-0.39, 0.29) is 6.61 Å². The van der Waals surface area contributed by atoms with Crippen LogP contribution in [0.3, 0.4) is 0 Å². The van der Waals surface area contributed by atoms with E-state index in [1.165, 1.54) is 7.11 Å². The van der Waals surface area contributed by atoms with E-state index < -0.39 is 5.97 Å². The summed E-state index contributed by atoms with van der Waals surface area (Å²) in [5, 5.41) is 0.728. The SMILES string of the molecule is CC.COC(=O)c1ccccc1OCc1nc2ccccc2n1CCc1cccc(Cl)c1. The number of carbonyl (C=O) groups excluding carboxylic acids is 1. The lowest BCUT2D eigenvalue weighted by atomic mass is 10.1. The fourth-order valence-electron chi connectivity index (χ4n) is 3.43. The highest BCUT2D eigenvalue weighted by molar-refractivity contribution is 6.30. The second-order valence-electron chi connectivity index (χ2n) is 6.82. The van der Waals surface area contributed by atoms with Crippen molar-refractivity contribution in [1.29, 1.82) is 0 Å². The Bertz CT molecular complexity index is 1190. The molecular formula is C26H27ClN2O3. The highest BCUT2D eigenvalue weighted by Crippen LogP contribution is 2.23. The molecule has 0 radical (unpaired) electrons. The smallest absolute Gasteiger partial charge is 0.341 e. The topological polar surface area (TPSA) is 53.4 Å². The van der Waals surface area contributed by atoms with Gasteiger partial charge in [-0.1, -0.05) is 61.8 Å². The maximum Gasteiger partial charge on any atom is 0.341 e. The van der Waals surface area contributed by atoms with Gasteiger partial charge in [0.25, 0.3) is 0 Å². The van der Waals surface area contributed by atoms with Crippen LogP contribution in [-0.4, -0.2) is 22.6 Å². The number of benzene rings is 3. The van der Waals surface area contributed by atoms with E-state index in [9.17, 15) is 4.79 Å². The van der Waals surface area contributed by atoms with Gasteiger partial charge in [0.05, 0.1) is 18.1 Å². The monoisotopic (exact) mass is 450 g/mol. The van der Waals surface area contributed by atoms with Gasteiger partial charge in [-0.3, -0.25) is 0 Å². The lowest BCUT2D eigenvalue weighted by Gasteiger charge is -2.12. The van der Waals surface area contributed by atoms with Gasteiger partial charge in [0.1, 0.15) is 23.7 Å². The van der Waals surface area contributed by atoms with E-state index in [0.717, 1.165) is 40.4 Å². The molecule has 3 aromatic carbocycles. The zero-order valence-corrected chi connectivity index (χ0v) is 19.3. The lowest BCUT2D eigenvalue weighted by Crippen LogP contribution is -2.11. The average Bonchev–Trinajstić information content (AvgIpc) is 3.20. The zero-order valence-electron chi connectivity index (χ0n) is 18.5. The van der Waals surface area contributed by atoms with Gasteiger partial charge in [-0.25, -0.2) is 9.78 Å². The van der Waals surface area contributed by atoms with Crippen LogP contribution in [0.4, 0.5) is 0 Å². The summed E-state index contributed by atoms with van der Waals surface area (Å²) in [5.74, 6) is 0.829. The minimum atomic E-state index is -0.431. The Balaban J connectivity index is 0.00000141. The number of para-hydroxylation sites is 3. The molecule has 166 valence electrons. The van der Waals surface area contributed by atoms with E-state index in [1.807, 2.05) is 62.4 Å². The number of esters is 1. The molecule has 0 unspecified atom stereocenters. The van der Waals surface area contributed by atoms with Crippen molar-refractivity contribution in [3.8, 4) is 5.75 Å². The minimum absolute atomic E-state index is 0.234. The van der Waals surface area contributed by atoms with Gasteiger partial charge in [-0.2, -0.15) is 0 Å².